The highest BCUT2D eigenvalue weighted by Gasteiger charge is 2.19. The number of fused-ring (bicyclic) bond motifs is 1. The molecule has 0 bridgehead atoms. The molecule has 2 aromatic carbocycles. The maximum Gasteiger partial charge on any atom is 0.168 e. The van der Waals surface area contributed by atoms with Gasteiger partial charge in [0, 0.05) is 12.0 Å². The Hall–Kier alpha value is -2.46. The molecule has 138 valence electrons. The quantitative estimate of drug-likeness (QED) is 0.657. The normalized spacial score (nSPS) is 15.7. The van der Waals surface area contributed by atoms with Crippen LogP contribution in [0.25, 0.3) is 0 Å². The predicted molar refractivity (Wildman–Crippen MR) is 108 cm³/mol. The van der Waals surface area contributed by atoms with Crippen LogP contribution in [0.4, 0.5) is 0 Å². The van der Waals surface area contributed by atoms with E-state index in [0.717, 1.165) is 29.8 Å². The molecule has 1 aliphatic heterocycles. The third-order valence-electron chi connectivity index (χ3n) is 5.01. The average Bonchev–Trinajstić information content (AvgIpc) is 3.14. The average molecular weight is 381 g/mol. The van der Waals surface area contributed by atoms with Gasteiger partial charge in [-0.05, 0) is 55.0 Å². The summed E-state index contributed by atoms with van der Waals surface area (Å²) in [5.41, 5.74) is 5.08. The summed E-state index contributed by atoms with van der Waals surface area (Å²) in [6.45, 7) is 0.323. The fourth-order valence-electron chi connectivity index (χ4n) is 3.54. The van der Waals surface area contributed by atoms with Crippen LogP contribution in [-0.4, -0.2) is 23.8 Å². The van der Waals surface area contributed by atoms with Crippen molar-refractivity contribution in [3.05, 3.63) is 64.2 Å². The third kappa shape index (κ3) is 4.28. The minimum absolute atomic E-state index is 0.102. The maximum absolute atomic E-state index is 12.6. The van der Waals surface area contributed by atoms with Gasteiger partial charge in [-0.2, -0.15) is 10.2 Å². The van der Waals surface area contributed by atoms with E-state index >= 15 is 0 Å². The highest BCUT2D eigenvalue weighted by Crippen LogP contribution is 2.24. The smallest absolute Gasteiger partial charge is 0.168 e. The van der Waals surface area contributed by atoms with Crippen LogP contribution in [-0.2, 0) is 12.8 Å². The number of ketones is 1. The molecule has 27 heavy (non-hydrogen) atoms. The Kier molecular flexibility index (Phi) is 5.35. The van der Waals surface area contributed by atoms with E-state index in [1.807, 2.05) is 24.3 Å². The number of Topliss-reactive ketones (excluding diaryl/α,β-unsaturated/α-hetero) is 1. The van der Waals surface area contributed by atoms with Crippen LogP contribution in [0.15, 0.2) is 52.7 Å². The molecule has 4 nitrogen and oxygen atoms in total. The van der Waals surface area contributed by atoms with Gasteiger partial charge in [-0.1, -0.05) is 35.9 Å². The van der Waals surface area contributed by atoms with Gasteiger partial charge in [-0.3, -0.25) is 4.79 Å². The summed E-state index contributed by atoms with van der Waals surface area (Å²) in [6, 6.07) is 13.5. The number of hydrogen-bond donors (Lipinski definition) is 0. The van der Waals surface area contributed by atoms with Crippen LogP contribution >= 0.6 is 11.6 Å². The van der Waals surface area contributed by atoms with E-state index in [1.54, 1.807) is 6.07 Å². The van der Waals surface area contributed by atoms with E-state index in [-0.39, 0.29) is 5.78 Å². The van der Waals surface area contributed by atoms with Crippen LogP contribution in [0, 0.1) is 0 Å². The second kappa shape index (κ2) is 8.05. The van der Waals surface area contributed by atoms with E-state index in [1.165, 1.54) is 24.0 Å². The predicted octanol–water partition coefficient (Wildman–Crippen LogP) is 5.07. The van der Waals surface area contributed by atoms with Crippen LogP contribution in [0.3, 0.4) is 0 Å². The maximum atomic E-state index is 12.6. The summed E-state index contributed by atoms with van der Waals surface area (Å²) in [5, 5.41) is 8.91. The van der Waals surface area contributed by atoms with Gasteiger partial charge in [0.2, 0.25) is 0 Å². The van der Waals surface area contributed by atoms with Gasteiger partial charge < -0.3 is 4.74 Å². The van der Waals surface area contributed by atoms with Gasteiger partial charge >= 0.3 is 0 Å². The molecule has 0 amide bonds. The number of benzene rings is 2. The Labute approximate surface area is 163 Å². The van der Waals surface area contributed by atoms with Crippen molar-refractivity contribution in [1.29, 1.82) is 0 Å². The lowest BCUT2D eigenvalue weighted by Crippen LogP contribution is -2.15. The van der Waals surface area contributed by atoms with Crippen molar-refractivity contribution < 1.29 is 9.53 Å². The van der Waals surface area contributed by atoms with E-state index in [2.05, 4.69) is 22.3 Å². The number of para-hydroxylation sites is 1. The fourth-order valence-corrected chi connectivity index (χ4v) is 3.73. The number of ether oxygens (including phenoxy) is 1. The minimum atomic E-state index is 0.102. The number of carbonyl (C=O) groups is 1. The zero-order valence-corrected chi connectivity index (χ0v) is 15.8. The van der Waals surface area contributed by atoms with Gasteiger partial charge in [0.15, 0.2) is 5.78 Å². The van der Waals surface area contributed by atoms with Gasteiger partial charge in [0.05, 0.1) is 22.9 Å². The monoisotopic (exact) mass is 380 g/mol. The van der Waals surface area contributed by atoms with Gasteiger partial charge in [0.25, 0.3) is 0 Å². The molecule has 0 unspecified atom stereocenters. The van der Waals surface area contributed by atoms with Crippen molar-refractivity contribution >= 4 is 28.8 Å². The second-order valence-corrected chi connectivity index (χ2v) is 7.43. The molecule has 0 fully saturated rings. The molecule has 2 aromatic rings. The van der Waals surface area contributed by atoms with E-state index in [0.29, 0.717) is 30.2 Å². The van der Waals surface area contributed by atoms with Crippen molar-refractivity contribution in [2.75, 3.05) is 6.61 Å². The van der Waals surface area contributed by atoms with Crippen LogP contribution in [0.5, 0.6) is 5.75 Å². The molecule has 1 aliphatic carbocycles. The lowest BCUT2D eigenvalue weighted by Gasteiger charge is -2.16. The molecule has 0 saturated heterocycles. The summed E-state index contributed by atoms with van der Waals surface area (Å²) in [4.78, 5) is 12.6. The first kappa shape index (κ1) is 17.9. The number of aryl methyl sites for hydroxylation is 2. The van der Waals surface area contributed by atoms with Crippen molar-refractivity contribution in [3.8, 4) is 5.75 Å². The molecule has 2 aliphatic rings. The Balaban J connectivity index is 1.31. The van der Waals surface area contributed by atoms with E-state index in [9.17, 15) is 4.79 Å². The molecule has 0 N–H and O–H groups in total. The molecule has 0 atom stereocenters. The first-order chi connectivity index (χ1) is 13.2. The zero-order valence-electron chi connectivity index (χ0n) is 15.1. The van der Waals surface area contributed by atoms with E-state index in [4.69, 9.17) is 16.3 Å². The largest absolute Gasteiger partial charge is 0.486 e. The summed E-state index contributed by atoms with van der Waals surface area (Å²) in [6.07, 6.45) is 5.52. The molecule has 0 aromatic heterocycles. The number of halogens is 1. The summed E-state index contributed by atoms with van der Waals surface area (Å²) < 4.78 is 5.70. The minimum Gasteiger partial charge on any atom is -0.486 e. The summed E-state index contributed by atoms with van der Waals surface area (Å²) in [5.74, 6) is 0.728. The molecule has 1 heterocycles. The Morgan fingerprint density at radius 2 is 1.78 bits per heavy atom. The first-order valence-corrected chi connectivity index (χ1v) is 9.70. The number of nitrogens with zero attached hydrogens (tertiary/aromatic N) is 2. The Morgan fingerprint density at radius 3 is 2.63 bits per heavy atom. The SMILES string of the molecule is O=C(CC1=NN=C(COc2ccccc2Cl)C1)c1ccc2c(c1)CCCC2. The van der Waals surface area contributed by atoms with Crippen molar-refractivity contribution in [2.24, 2.45) is 10.2 Å². The Morgan fingerprint density at radius 1 is 1.00 bits per heavy atom. The van der Waals surface area contributed by atoms with Gasteiger partial charge in [-0.15, -0.1) is 0 Å². The third-order valence-corrected chi connectivity index (χ3v) is 5.32. The topological polar surface area (TPSA) is 51.0 Å². The summed E-state index contributed by atoms with van der Waals surface area (Å²) >= 11 is 6.09. The zero-order chi connectivity index (χ0) is 18.6. The van der Waals surface area contributed by atoms with Crippen molar-refractivity contribution in [1.82, 2.24) is 0 Å². The molecular weight excluding hydrogens is 360 g/mol. The number of carbonyl (C=O) groups excluding carboxylic acids is 1. The lowest BCUT2D eigenvalue weighted by molar-refractivity contribution is 0.1000. The molecule has 0 spiro atoms. The van der Waals surface area contributed by atoms with Crippen molar-refractivity contribution in [3.63, 3.8) is 0 Å². The lowest BCUT2D eigenvalue weighted by atomic mass is 9.89. The van der Waals surface area contributed by atoms with E-state index < -0.39 is 0 Å². The van der Waals surface area contributed by atoms with Crippen LogP contribution in [0.2, 0.25) is 5.02 Å². The number of rotatable bonds is 6. The second-order valence-electron chi connectivity index (χ2n) is 7.02. The standard InChI is InChI=1S/C22H21ClN2O2/c23-20-7-3-4-8-22(20)27-14-19-12-18(24-25-19)13-21(26)17-10-9-15-5-1-2-6-16(15)11-17/h3-4,7-11H,1-2,5-6,12-14H2. The fraction of sp³-hybridized carbons (Fsp3) is 0.318. The van der Waals surface area contributed by atoms with Crippen LogP contribution < -0.4 is 4.74 Å². The van der Waals surface area contributed by atoms with Crippen molar-refractivity contribution in [2.45, 2.75) is 38.5 Å². The Bertz CT molecular complexity index is 934. The molecule has 5 heteroatoms. The van der Waals surface area contributed by atoms with Gasteiger partial charge in [0.1, 0.15) is 12.4 Å². The molecule has 0 radical (unpaired) electrons. The summed E-state index contributed by atoms with van der Waals surface area (Å²) in [7, 11) is 0. The molecule has 0 saturated carbocycles. The van der Waals surface area contributed by atoms with Crippen LogP contribution in [0.1, 0.15) is 47.2 Å². The number of hydrogen-bond acceptors (Lipinski definition) is 4. The highest BCUT2D eigenvalue weighted by atomic mass is 35.5. The molecule has 4 rings (SSSR count). The highest BCUT2D eigenvalue weighted by molar-refractivity contribution is 6.32. The molecular formula is C22H21ClN2O2. The van der Waals surface area contributed by atoms with Gasteiger partial charge in [-0.25, -0.2) is 0 Å². The first-order valence-electron chi connectivity index (χ1n) is 9.32.